The Morgan fingerprint density at radius 1 is 1.11 bits per heavy atom. The van der Waals surface area contributed by atoms with Gasteiger partial charge in [0.25, 0.3) is 0 Å². The fraction of sp³-hybridized carbons (Fsp3) is 0.667. The number of rotatable bonds is 4. The number of benzene rings is 1. The van der Waals surface area contributed by atoms with Crippen molar-refractivity contribution in [1.29, 1.82) is 0 Å². The van der Waals surface area contributed by atoms with E-state index in [4.69, 9.17) is 20.9 Å². The fourth-order valence-corrected chi connectivity index (χ4v) is 3.62. The van der Waals surface area contributed by atoms with Gasteiger partial charge in [-0.1, -0.05) is 23.7 Å². The highest BCUT2D eigenvalue weighted by Gasteiger charge is 2.52. The molecule has 0 saturated carbocycles. The number of hydrogen-bond acceptors (Lipinski definition) is 3. The predicted octanol–water partition coefficient (Wildman–Crippen LogP) is 4.29. The lowest BCUT2D eigenvalue weighted by Gasteiger charge is -2.32. The average molecular weight is 440 g/mol. The fourth-order valence-electron chi connectivity index (χ4n) is 2.49. The zero-order chi connectivity index (χ0) is 21.7. The molecular formula is C18H26BClF3NO3S. The third kappa shape index (κ3) is 4.93. The van der Waals surface area contributed by atoms with E-state index < -0.39 is 46.3 Å². The Hall–Kier alpha value is -0.605. The molecule has 28 heavy (non-hydrogen) atoms. The Labute approximate surface area is 172 Å². The van der Waals surface area contributed by atoms with Crippen LogP contribution in [0.1, 0.15) is 60.1 Å². The second-order valence-corrected chi connectivity index (χ2v) is 11.2. The van der Waals surface area contributed by atoms with Crippen molar-refractivity contribution in [3.8, 4) is 0 Å². The van der Waals surface area contributed by atoms with Crippen LogP contribution in [0.4, 0.5) is 13.2 Å². The van der Waals surface area contributed by atoms with Crippen LogP contribution in [0, 0.1) is 0 Å². The van der Waals surface area contributed by atoms with Gasteiger partial charge in [0.15, 0.2) is 0 Å². The topological polar surface area (TPSA) is 47.6 Å². The molecule has 0 amide bonds. The van der Waals surface area contributed by atoms with E-state index in [-0.39, 0.29) is 10.6 Å². The van der Waals surface area contributed by atoms with Crippen LogP contribution in [0.2, 0.25) is 5.02 Å². The van der Waals surface area contributed by atoms with Crippen LogP contribution in [0.25, 0.3) is 0 Å². The van der Waals surface area contributed by atoms with Gasteiger partial charge in [-0.2, -0.15) is 13.2 Å². The van der Waals surface area contributed by atoms with Crippen molar-refractivity contribution in [2.24, 2.45) is 0 Å². The van der Waals surface area contributed by atoms with Crippen LogP contribution in [0.5, 0.6) is 0 Å². The van der Waals surface area contributed by atoms with Crippen molar-refractivity contribution in [3.05, 3.63) is 28.8 Å². The van der Waals surface area contributed by atoms with Gasteiger partial charge in [0.05, 0.1) is 26.9 Å². The highest BCUT2D eigenvalue weighted by molar-refractivity contribution is 7.84. The highest BCUT2D eigenvalue weighted by Crippen LogP contribution is 2.39. The largest absolute Gasteiger partial charge is 0.494 e. The molecule has 0 spiro atoms. The molecule has 1 heterocycles. The Balaban J connectivity index is 2.35. The summed E-state index contributed by atoms with van der Waals surface area (Å²) in [7, 11) is -2.67. The van der Waals surface area contributed by atoms with E-state index >= 15 is 0 Å². The lowest BCUT2D eigenvalue weighted by atomic mass is 9.78. The smallest absolute Gasteiger partial charge is 0.399 e. The molecule has 1 N–H and O–H groups in total. The van der Waals surface area contributed by atoms with Crippen LogP contribution >= 0.6 is 11.6 Å². The predicted molar refractivity (Wildman–Crippen MR) is 107 cm³/mol. The van der Waals surface area contributed by atoms with E-state index in [9.17, 15) is 17.4 Å². The monoisotopic (exact) mass is 439 g/mol. The minimum atomic E-state index is -4.67. The van der Waals surface area contributed by atoms with Crippen LogP contribution in [-0.2, 0) is 20.3 Å². The summed E-state index contributed by atoms with van der Waals surface area (Å²) in [6, 6.07) is 2.00. The van der Waals surface area contributed by atoms with Gasteiger partial charge in [-0.3, -0.25) is 0 Å². The molecule has 2 rings (SSSR count). The Kier molecular flexibility index (Phi) is 6.41. The van der Waals surface area contributed by atoms with Gasteiger partial charge in [-0.05, 0) is 65.6 Å². The van der Waals surface area contributed by atoms with Crippen LogP contribution in [0.15, 0.2) is 18.2 Å². The van der Waals surface area contributed by atoms with Gasteiger partial charge in [0, 0.05) is 5.02 Å². The first-order chi connectivity index (χ1) is 12.5. The molecule has 158 valence electrons. The maximum absolute atomic E-state index is 13.6. The maximum atomic E-state index is 13.6. The zero-order valence-corrected chi connectivity index (χ0v) is 18.6. The molecule has 0 aliphatic carbocycles. The average Bonchev–Trinajstić information content (AvgIpc) is 2.71. The highest BCUT2D eigenvalue weighted by atomic mass is 35.5. The summed E-state index contributed by atoms with van der Waals surface area (Å²) < 4.78 is 66.3. The Morgan fingerprint density at radius 3 is 2.00 bits per heavy atom. The van der Waals surface area contributed by atoms with Crippen molar-refractivity contribution >= 4 is 35.2 Å². The zero-order valence-electron chi connectivity index (χ0n) is 17.0. The number of hydrogen-bond donors (Lipinski definition) is 1. The molecule has 2 unspecified atom stereocenters. The summed E-state index contributed by atoms with van der Waals surface area (Å²) in [6.45, 7) is 12.3. The second kappa shape index (κ2) is 7.58. The van der Waals surface area contributed by atoms with Gasteiger partial charge in [-0.15, -0.1) is 0 Å². The van der Waals surface area contributed by atoms with Crippen molar-refractivity contribution in [2.45, 2.75) is 76.6 Å². The summed E-state index contributed by atoms with van der Waals surface area (Å²) in [5.41, 5.74) is -0.845. The van der Waals surface area contributed by atoms with E-state index in [0.717, 1.165) is 0 Å². The molecule has 1 aliphatic rings. The quantitative estimate of drug-likeness (QED) is 0.712. The second-order valence-electron chi connectivity index (χ2n) is 8.84. The third-order valence-corrected chi connectivity index (χ3v) is 6.86. The first-order valence-corrected chi connectivity index (χ1v) is 10.4. The standard InChI is InChI=1S/C18H26BClF3NO3S/c1-15(2,3)28(25)24-14(18(21,22)23)12-9-8-11(10-13(12)20)19-26-16(4,5)17(6,7)27-19/h8-10,14,24H,1-7H3. The van der Waals surface area contributed by atoms with Crippen LogP contribution < -0.4 is 10.2 Å². The summed E-state index contributed by atoms with van der Waals surface area (Å²) in [6.07, 6.45) is -4.67. The maximum Gasteiger partial charge on any atom is 0.494 e. The summed E-state index contributed by atoms with van der Waals surface area (Å²) in [4.78, 5) is 0. The third-order valence-electron chi connectivity index (χ3n) is 4.97. The Bertz CT molecular complexity index is 749. The molecule has 1 aliphatic heterocycles. The van der Waals surface area contributed by atoms with E-state index in [1.165, 1.54) is 18.2 Å². The van der Waals surface area contributed by atoms with E-state index in [0.29, 0.717) is 5.46 Å². The molecule has 0 aromatic heterocycles. The first kappa shape index (κ1) is 23.7. The van der Waals surface area contributed by atoms with Gasteiger partial charge in [0.2, 0.25) is 0 Å². The summed E-state index contributed by atoms with van der Waals surface area (Å²) >= 11 is 6.20. The molecule has 0 bridgehead atoms. The number of nitrogens with one attached hydrogen (secondary N) is 1. The lowest BCUT2D eigenvalue weighted by Crippen LogP contribution is -2.42. The molecule has 1 aromatic rings. The minimum absolute atomic E-state index is 0.104. The van der Waals surface area contributed by atoms with Crippen molar-refractivity contribution in [2.75, 3.05) is 0 Å². The normalized spacial score (nSPS) is 21.6. The molecule has 1 saturated heterocycles. The van der Waals surface area contributed by atoms with E-state index in [1.807, 2.05) is 27.7 Å². The minimum Gasteiger partial charge on any atom is -0.399 e. The van der Waals surface area contributed by atoms with Gasteiger partial charge in [-0.25, -0.2) is 8.93 Å². The van der Waals surface area contributed by atoms with Gasteiger partial charge >= 0.3 is 13.3 Å². The summed E-state index contributed by atoms with van der Waals surface area (Å²) in [5, 5.41) is -0.104. The van der Waals surface area contributed by atoms with E-state index in [1.54, 1.807) is 20.8 Å². The molecule has 1 aromatic carbocycles. The molecule has 2 atom stereocenters. The van der Waals surface area contributed by atoms with Crippen molar-refractivity contribution in [1.82, 2.24) is 4.72 Å². The SMILES string of the molecule is CC(C)(C)S(=O)NC(c1ccc(B2OC(C)(C)C(C)(C)O2)cc1Cl)C(F)(F)F. The van der Waals surface area contributed by atoms with Crippen molar-refractivity contribution < 1.29 is 26.7 Å². The van der Waals surface area contributed by atoms with Crippen molar-refractivity contribution in [3.63, 3.8) is 0 Å². The van der Waals surface area contributed by atoms with Crippen LogP contribution in [0.3, 0.4) is 0 Å². The molecule has 1 fully saturated rings. The molecule has 4 nitrogen and oxygen atoms in total. The summed E-state index contributed by atoms with van der Waals surface area (Å²) in [5.74, 6) is 0. The van der Waals surface area contributed by atoms with E-state index in [2.05, 4.69) is 4.72 Å². The molecule has 0 radical (unpaired) electrons. The number of halogens is 4. The Morgan fingerprint density at radius 2 is 1.61 bits per heavy atom. The van der Waals surface area contributed by atoms with Gasteiger partial charge < -0.3 is 9.31 Å². The first-order valence-electron chi connectivity index (χ1n) is 8.85. The lowest BCUT2D eigenvalue weighted by molar-refractivity contribution is -0.152. The van der Waals surface area contributed by atoms with Gasteiger partial charge in [0.1, 0.15) is 6.04 Å². The molecule has 10 heteroatoms. The molecular weight excluding hydrogens is 414 g/mol. The number of alkyl halides is 3. The van der Waals surface area contributed by atoms with Crippen LogP contribution in [-0.4, -0.2) is 33.5 Å².